The Morgan fingerprint density at radius 3 is 2.42 bits per heavy atom. The Balaban J connectivity index is 2.91. The normalized spacial score (nSPS) is 10.8. The van der Waals surface area contributed by atoms with Crippen molar-refractivity contribution < 1.29 is 19.1 Å². The van der Waals surface area contributed by atoms with E-state index >= 15 is 0 Å². The minimum atomic E-state index is -0.700. The molecule has 0 aliphatic heterocycles. The summed E-state index contributed by atoms with van der Waals surface area (Å²) in [5.41, 5.74) is 0.00504. The van der Waals surface area contributed by atoms with Crippen molar-refractivity contribution in [2.75, 3.05) is 12.1 Å². The summed E-state index contributed by atoms with van der Waals surface area (Å²) in [7, 11) is 1.28. The SMILES string of the molecule is COC(=O)c1cccc(N(N)C(=O)OC(C)(C)C)c1. The van der Waals surface area contributed by atoms with Crippen LogP contribution in [0.5, 0.6) is 0 Å². The van der Waals surface area contributed by atoms with Gasteiger partial charge in [0.1, 0.15) is 5.60 Å². The van der Waals surface area contributed by atoms with E-state index in [-0.39, 0.29) is 0 Å². The van der Waals surface area contributed by atoms with Gasteiger partial charge in [-0.15, -0.1) is 0 Å². The number of nitrogens with zero attached hydrogens (tertiary/aromatic N) is 1. The molecule has 0 aliphatic rings. The van der Waals surface area contributed by atoms with Gasteiger partial charge in [-0.05, 0) is 39.0 Å². The Morgan fingerprint density at radius 1 is 1.26 bits per heavy atom. The van der Waals surface area contributed by atoms with Crippen LogP contribution >= 0.6 is 0 Å². The molecule has 0 aromatic heterocycles. The molecule has 1 aromatic carbocycles. The summed E-state index contributed by atoms with van der Waals surface area (Å²) in [4.78, 5) is 23.2. The van der Waals surface area contributed by atoms with Crippen molar-refractivity contribution in [2.45, 2.75) is 26.4 Å². The standard InChI is InChI=1S/C13H18N2O4/c1-13(2,3)19-12(17)15(14)10-7-5-6-9(8-10)11(16)18-4/h5-8H,14H2,1-4H3. The van der Waals surface area contributed by atoms with Gasteiger partial charge in [0, 0.05) is 0 Å². The van der Waals surface area contributed by atoms with Gasteiger partial charge >= 0.3 is 12.1 Å². The number of nitrogens with two attached hydrogens (primary N) is 1. The first kappa shape index (κ1) is 15.0. The molecule has 0 spiro atoms. The van der Waals surface area contributed by atoms with Crippen LogP contribution in [-0.4, -0.2) is 24.8 Å². The van der Waals surface area contributed by atoms with Crippen LogP contribution in [0.2, 0.25) is 0 Å². The number of hydrogen-bond acceptors (Lipinski definition) is 5. The topological polar surface area (TPSA) is 81.9 Å². The van der Waals surface area contributed by atoms with Gasteiger partial charge in [0.05, 0.1) is 18.4 Å². The molecule has 1 amide bonds. The van der Waals surface area contributed by atoms with E-state index in [4.69, 9.17) is 10.6 Å². The number of hydrogen-bond donors (Lipinski definition) is 1. The predicted molar refractivity (Wildman–Crippen MR) is 70.7 cm³/mol. The number of amides is 1. The highest BCUT2D eigenvalue weighted by Gasteiger charge is 2.21. The van der Waals surface area contributed by atoms with E-state index in [2.05, 4.69) is 4.74 Å². The summed E-state index contributed by atoms with van der Waals surface area (Å²) in [6.45, 7) is 5.22. The van der Waals surface area contributed by atoms with Crippen molar-refractivity contribution in [2.24, 2.45) is 5.84 Å². The lowest BCUT2D eigenvalue weighted by molar-refractivity contribution is 0.0573. The fourth-order valence-electron chi connectivity index (χ4n) is 1.32. The van der Waals surface area contributed by atoms with Crippen LogP contribution in [0.15, 0.2) is 24.3 Å². The highest BCUT2D eigenvalue weighted by atomic mass is 16.6. The first-order valence-corrected chi connectivity index (χ1v) is 5.71. The summed E-state index contributed by atoms with van der Waals surface area (Å²) < 4.78 is 9.72. The third-order valence-corrected chi connectivity index (χ3v) is 2.14. The van der Waals surface area contributed by atoms with Crippen LogP contribution in [0.3, 0.4) is 0 Å². The van der Waals surface area contributed by atoms with Crippen LogP contribution in [-0.2, 0) is 9.47 Å². The van der Waals surface area contributed by atoms with Gasteiger partial charge < -0.3 is 9.47 Å². The van der Waals surface area contributed by atoms with Crippen molar-refractivity contribution in [3.05, 3.63) is 29.8 Å². The predicted octanol–water partition coefficient (Wildman–Crippen LogP) is 2.09. The number of hydrazine groups is 1. The molecule has 0 unspecified atom stereocenters. The van der Waals surface area contributed by atoms with Crippen LogP contribution in [0, 0.1) is 0 Å². The minimum absolute atomic E-state index is 0.305. The first-order valence-electron chi connectivity index (χ1n) is 5.71. The summed E-state index contributed by atoms with van der Waals surface area (Å²) in [6, 6.07) is 6.22. The fourth-order valence-corrected chi connectivity index (χ4v) is 1.32. The Hall–Kier alpha value is -2.08. The molecule has 0 saturated heterocycles. The van der Waals surface area contributed by atoms with Crippen molar-refractivity contribution in [3.63, 3.8) is 0 Å². The van der Waals surface area contributed by atoms with Gasteiger partial charge in [0.2, 0.25) is 0 Å². The monoisotopic (exact) mass is 266 g/mol. The zero-order valence-electron chi connectivity index (χ0n) is 11.5. The molecule has 0 saturated carbocycles. The zero-order valence-corrected chi connectivity index (χ0v) is 11.5. The van der Waals surface area contributed by atoms with E-state index in [9.17, 15) is 9.59 Å². The van der Waals surface area contributed by atoms with Crippen LogP contribution in [0.1, 0.15) is 31.1 Å². The van der Waals surface area contributed by atoms with Crippen LogP contribution in [0.4, 0.5) is 10.5 Å². The molecule has 0 radical (unpaired) electrons. The highest BCUT2D eigenvalue weighted by Crippen LogP contribution is 2.17. The van der Waals surface area contributed by atoms with Gasteiger partial charge in [-0.3, -0.25) is 0 Å². The number of ether oxygens (including phenoxy) is 2. The van der Waals surface area contributed by atoms with Gasteiger partial charge in [0.25, 0.3) is 0 Å². The molecule has 1 rings (SSSR count). The van der Waals surface area contributed by atoms with Gasteiger partial charge in [-0.25, -0.2) is 20.4 Å². The largest absolute Gasteiger partial charge is 0.465 e. The lowest BCUT2D eigenvalue weighted by atomic mass is 10.2. The number of methoxy groups -OCH3 is 1. The molecular weight excluding hydrogens is 248 g/mol. The molecular formula is C13H18N2O4. The average molecular weight is 266 g/mol. The van der Waals surface area contributed by atoms with E-state index < -0.39 is 17.7 Å². The molecule has 19 heavy (non-hydrogen) atoms. The van der Waals surface area contributed by atoms with E-state index in [0.717, 1.165) is 5.01 Å². The number of anilines is 1. The smallest absolute Gasteiger partial charge is 0.429 e. The third-order valence-electron chi connectivity index (χ3n) is 2.14. The zero-order chi connectivity index (χ0) is 14.6. The van der Waals surface area contributed by atoms with E-state index in [0.29, 0.717) is 11.3 Å². The molecule has 1 aromatic rings. The number of benzene rings is 1. The summed E-state index contributed by atoms with van der Waals surface area (Å²) >= 11 is 0. The second-order valence-corrected chi connectivity index (χ2v) is 4.89. The lowest BCUT2D eigenvalue weighted by Crippen LogP contribution is -2.41. The Morgan fingerprint density at radius 2 is 1.89 bits per heavy atom. The summed E-state index contributed by atoms with van der Waals surface area (Å²) in [6.07, 6.45) is -0.700. The first-order chi connectivity index (χ1) is 8.74. The van der Waals surface area contributed by atoms with E-state index in [1.54, 1.807) is 39.0 Å². The second-order valence-electron chi connectivity index (χ2n) is 4.89. The molecule has 0 heterocycles. The van der Waals surface area contributed by atoms with Crippen LogP contribution < -0.4 is 10.9 Å². The molecule has 6 nitrogen and oxygen atoms in total. The maximum absolute atomic E-state index is 11.8. The lowest BCUT2D eigenvalue weighted by Gasteiger charge is -2.24. The number of esters is 1. The van der Waals surface area contributed by atoms with Gasteiger partial charge in [0.15, 0.2) is 0 Å². The number of carbonyl (C=O) groups is 2. The third kappa shape index (κ3) is 4.26. The van der Waals surface area contributed by atoms with Crippen molar-refractivity contribution in [3.8, 4) is 0 Å². The molecule has 0 bridgehead atoms. The molecule has 0 aliphatic carbocycles. The minimum Gasteiger partial charge on any atom is -0.465 e. The Labute approximate surface area is 112 Å². The number of rotatable bonds is 2. The maximum atomic E-state index is 11.8. The average Bonchev–Trinajstić information content (AvgIpc) is 2.35. The van der Waals surface area contributed by atoms with E-state index in [1.165, 1.54) is 13.2 Å². The summed E-state index contributed by atoms with van der Waals surface area (Å²) in [5, 5.41) is 0.845. The van der Waals surface area contributed by atoms with Gasteiger partial charge in [-0.1, -0.05) is 6.07 Å². The number of carbonyl (C=O) groups excluding carboxylic acids is 2. The van der Waals surface area contributed by atoms with Crippen LogP contribution in [0.25, 0.3) is 0 Å². The van der Waals surface area contributed by atoms with Gasteiger partial charge in [-0.2, -0.15) is 0 Å². The van der Waals surface area contributed by atoms with Crippen molar-refractivity contribution in [1.29, 1.82) is 0 Å². The fraction of sp³-hybridized carbons (Fsp3) is 0.385. The Kier molecular flexibility index (Phi) is 4.50. The Bertz CT molecular complexity index is 480. The molecule has 104 valence electrons. The maximum Gasteiger partial charge on any atom is 0.429 e. The van der Waals surface area contributed by atoms with Crippen molar-refractivity contribution >= 4 is 17.7 Å². The summed E-state index contributed by atoms with van der Waals surface area (Å²) in [5.74, 6) is 5.16. The van der Waals surface area contributed by atoms with E-state index in [1.807, 2.05) is 0 Å². The molecule has 0 fully saturated rings. The second kappa shape index (κ2) is 5.71. The molecule has 0 atom stereocenters. The van der Waals surface area contributed by atoms with Crippen molar-refractivity contribution in [1.82, 2.24) is 0 Å². The molecule has 6 heteroatoms. The quantitative estimate of drug-likeness (QED) is 0.383. The molecule has 2 N–H and O–H groups in total. The highest BCUT2D eigenvalue weighted by molar-refractivity contribution is 5.93.